The highest BCUT2D eigenvalue weighted by atomic mass is 16.5. The minimum absolute atomic E-state index is 0.123. The molecular weight excluding hydrogens is 510 g/mol. The summed E-state index contributed by atoms with van der Waals surface area (Å²) >= 11 is 0. The molecule has 2 amide bonds. The molecule has 2 heterocycles. The van der Waals surface area contributed by atoms with Crippen molar-refractivity contribution in [1.29, 1.82) is 0 Å². The topological polar surface area (TPSA) is 159 Å². The van der Waals surface area contributed by atoms with Gasteiger partial charge in [0.1, 0.15) is 11.8 Å². The van der Waals surface area contributed by atoms with Crippen molar-refractivity contribution >= 4 is 11.8 Å². The van der Waals surface area contributed by atoms with E-state index in [0.717, 1.165) is 33.4 Å². The molecule has 0 unspecified atom stereocenters. The van der Waals surface area contributed by atoms with Crippen molar-refractivity contribution in [2.75, 3.05) is 19.8 Å². The Morgan fingerprint density at radius 2 is 1.95 bits per heavy atom. The van der Waals surface area contributed by atoms with Crippen molar-refractivity contribution in [3.05, 3.63) is 82.9 Å². The zero-order valence-corrected chi connectivity index (χ0v) is 22.3. The van der Waals surface area contributed by atoms with Crippen LogP contribution in [0.15, 0.2) is 60.7 Å². The summed E-state index contributed by atoms with van der Waals surface area (Å²) in [5.41, 5.74) is 11.0. The van der Waals surface area contributed by atoms with Gasteiger partial charge in [-0.1, -0.05) is 30.3 Å². The molecule has 1 aliphatic heterocycles. The van der Waals surface area contributed by atoms with Gasteiger partial charge in [-0.25, -0.2) is 0 Å². The van der Waals surface area contributed by atoms with Crippen LogP contribution in [-0.2, 0) is 16.1 Å². The number of ether oxygens (including phenoxy) is 1. The minimum Gasteiger partial charge on any atom is -0.508 e. The molecule has 0 aliphatic carbocycles. The number of nitrogens with two attached hydrogens (primary N) is 1. The predicted molar refractivity (Wildman–Crippen MR) is 148 cm³/mol. The highest BCUT2D eigenvalue weighted by Gasteiger charge is 2.30. The molecule has 5 rings (SSSR count). The van der Waals surface area contributed by atoms with Crippen molar-refractivity contribution in [2.24, 2.45) is 5.73 Å². The second-order valence-electron chi connectivity index (χ2n) is 9.93. The zero-order chi connectivity index (χ0) is 28.2. The monoisotopic (exact) mass is 541 g/mol. The van der Waals surface area contributed by atoms with Gasteiger partial charge in [-0.3, -0.25) is 14.5 Å². The number of phenols is 1. The maximum atomic E-state index is 13.4. The number of nitrogens with one attached hydrogen (secondary N) is 2. The van der Waals surface area contributed by atoms with E-state index in [1.807, 2.05) is 50.2 Å². The van der Waals surface area contributed by atoms with Crippen molar-refractivity contribution in [2.45, 2.75) is 32.5 Å². The van der Waals surface area contributed by atoms with Gasteiger partial charge in [-0.2, -0.15) is 5.21 Å². The fourth-order valence-electron chi connectivity index (χ4n) is 4.96. The van der Waals surface area contributed by atoms with Crippen LogP contribution >= 0.6 is 0 Å². The maximum absolute atomic E-state index is 13.4. The molecule has 0 spiro atoms. The lowest BCUT2D eigenvalue weighted by Gasteiger charge is -2.35. The summed E-state index contributed by atoms with van der Waals surface area (Å²) in [5.74, 6) is 0.00924. The van der Waals surface area contributed by atoms with Gasteiger partial charge in [0.05, 0.1) is 19.3 Å². The van der Waals surface area contributed by atoms with Gasteiger partial charge in [0.15, 0.2) is 0 Å². The van der Waals surface area contributed by atoms with Crippen LogP contribution in [0.1, 0.15) is 40.0 Å². The van der Waals surface area contributed by atoms with E-state index < -0.39 is 11.9 Å². The summed E-state index contributed by atoms with van der Waals surface area (Å²) in [4.78, 5) is 27.0. The summed E-state index contributed by atoms with van der Waals surface area (Å²) in [6.45, 7) is 5.64. The molecule has 0 radical (unpaired) electrons. The van der Waals surface area contributed by atoms with Gasteiger partial charge in [0, 0.05) is 24.2 Å². The summed E-state index contributed by atoms with van der Waals surface area (Å²) in [5, 5.41) is 27.6. The maximum Gasteiger partial charge on any atom is 0.248 e. The number of morpholine rings is 1. The number of carbonyl (C=O) groups excluding carboxylic acids is 2. The van der Waals surface area contributed by atoms with E-state index in [9.17, 15) is 14.7 Å². The standard InChI is InChI=1S/C29H31N7O4/c1-17-11-22(27(30)38)7-8-25(17)23-12-19(13-24(37)14-23)15-36-9-10-40-16-26(36)29(39)31-18(2)20-3-5-21(6-4-20)28-32-34-35-33-28/h3-8,11-14,18,26,37H,9-10,15-16H2,1-2H3,(H2,30,38)(H,31,39)(H,32,33,34,35)/t18-,26+/m0/s1. The van der Waals surface area contributed by atoms with Crippen LogP contribution in [0.3, 0.4) is 0 Å². The number of aromatic hydroxyl groups is 1. The first-order valence-corrected chi connectivity index (χ1v) is 13.0. The minimum atomic E-state index is -0.489. The Balaban J connectivity index is 1.29. The smallest absolute Gasteiger partial charge is 0.248 e. The number of aromatic amines is 1. The van der Waals surface area contributed by atoms with Crippen molar-refractivity contribution in [3.8, 4) is 28.3 Å². The Hall–Kier alpha value is -4.61. The second-order valence-corrected chi connectivity index (χ2v) is 9.93. The van der Waals surface area contributed by atoms with Crippen LogP contribution < -0.4 is 11.1 Å². The fourth-order valence-corrected chi connectivity index (χ4v) is 4.96. The van der Waals surface area contributed by atoms with Crippen molar-refractivity contribution in [1.82, 2.24) is 30.8 Å². The molecule has 40 heavy (non-hydrogen) atoms. The van der Waals surface area contributed by atoms with Crippen LogP contribution in [0.25, 0.3) is 22.5 Å². The number of nitrogens with zero attached hydrogens (tertiary/aromatic N) is 4. The molecule has 11 heteroatoms. The normalized spacial score (nSPS) is 16.4. The molecular formula is C29H31N7O4. The van der Waals surface area contributed by atoms with E-state index in [2.05, 4.69) is 30.8 Å². The molecule has 4 aromatic rings. The number of aryl methyl sites for hydroxylation is 1. The Kier molecular flexibility index (Phi) is 7.85. The van der Waals surface area contributed by atoms with Gasteiger partial charge >= 0.3 is 0 Å². The fraction of sp³-hybridized carbons (Fsp3) is 0.276. The van der Waals surface area contributed by atoms with Crippen molar-refractivity contribution in [3.63, 3.8) is 0 Å². The number of rotatable bonds is 8. The van der Waals surface area contributed by atoms with Gasteiger partial charge in [0.2, 0.25) is 17.6 Å². The van der Waals surface area contributed by atoms with E-state index in [4.69, 9.17) is 10.5 Å². The van der Waals surface area contributed by atoms with Gasteiger partial charge < -0.3 is 20.9 Å². The summed E-state index contributed by atoms with van der Waals surface area (Å²) in [6.07, 6.45) is 0. The lowest BCUT2D eigenvalue weighted by molar-refractivity contribution is -0.133. The number of aromatic nitrogens is 4. The molecule has 5 N–H and O–H groups in total. The van der Waals surface area contributed by atoms with Crippen molar-refractivity contribution < 1.29 is 19.4 Å². The number of benzene rings is 3. The number of tetrazole rings is 1. The van der Waals surface area contributed by atoms with E-state index in [1.54, 1.807) is 24.3 Å². The molecule has 1 fully saturated rings. The lowest BCUT2D eigenvalue weighted by Crippen LogP contribution is -2.53. The predicted octanol–water partition coefficient (Wildman–Crippen LogP) is 2.72. The van der Waals surface area contributed by atoms with Crippen LogP contribution in [0.5, 0.6) is 5.75 Å². The summed E-state index contributed by atoms with van der Waals surface area (Å²) in [7, 11) is 0. The average Bonchev–Trinajstić information content (AvgIpc) is 3.48. The highest BCUT2D eigenvalue weighted by molar-refractivity contribution is 5.93. The number of amides is 2. The molecule has 3 aromatic carbocycles. The third kappa shape index (κ3) is 6.00. The first-order valence-electron chi connectivity index (χ1n) is 13.0. The van der Waals surface area contributed by atoms with Crippen LogP contribution in [-0.4, -0.2) is 68.2 Å². The second kappa shape index (κ2) is 11.6. The number of primary amides is 1. The van der Waals surface area contributed by atoms with Crippen LogP contribution in [0, 0.1) is 6.92 Å². The largest absolute Gasteiger partial charge is 0.508 e. The molecule has 1 aliphatic rings. The number of H-pyrrole nitrogens is 1. The Morgan fingerprint density at radius 3 is 2.65 bits per heavy atom. The summed E-state index contributed by atoms with van der Waals surface area (Å²) < 4.78 is 5.67. The first-order chi connectivity index (χ1) is 19.3. The molecule has 11 nitrogen and oxygen atoms in total. The number of carbonyl (C=O) groups is 2. The van der Waals surface area contributed by atoms with Crippen LogP contribution in [0.4, 0.5) is 0 Å². The van der Waals surface area contributed by atoms with Crippen LogP contribution in [0.2, 0.25) is 0 Å². The quantitative estimate of drug-likeness (QED) is 0.265. The van der Waals surface area contributed by atoms with E-state index in [0.29, 0.717) is 31.1 Å². The van der Waals surface area contributed by atoms with Gasteiger partial charge in [-0.15, -0.1) is 10.2 Å². The average molecular weight is 542 g/mol. The highest BCUT2D eigenvalue weighted by Crippen LogP contribution is 2.30. The van der Waals surface area contributed by atoms with Gasteiger partial charge in [-0.05, 0) is 77.2 Å². The van der Waals surface area contributed by atoms with E-state index in [1.165, 1.54) is 0 Å². The Labute approximate surface area is 231 Å². The number of phenolic OH excluding ortho intramolecular Hbond substituents is 1. The zero-order valence-electron chi connectivity index (χ0n) is 22.3. The molecule has 1 aromatic heterocycles. The lowest BCUT2D eigenvalue weighted by atomic mass is 9.96. The first kappa shape index (κ1) is 27.0. The molecule has 0 bridgehead atoms. The number of hydrogen-bond donors (Lipinski definition) is 4. The Bertz CT molecular complexity index is 1510. The summed E-state index contributed by atoms with van der Waals surface area (Å²) in [6, 6.07) is 17.5. The third-order valence-corrected chi connectivity index (χ3v) is 7.10. The number of hydrogen-bond acceptors (Lipinski definition) is 8. The van der Waals surface area contributed by atoms with E-state index in [-0.39, 0.29) is 24.3 Å². The molecule has 0 saturated carbocycles. The molecule has 206 valence electrons. The van der Waals surface area contributed by atoms with E-state index >= 15 is 0 Å². The Morgan fingerprint density at radius 1 is 1.15 bits per heavy atom. The van der Waals surface area contributed by atoms with Gasteiger partial charge in [0.25, 0.3) is 0 Å². The third-order valence-electron chi connectivity index (χ3n) is 7.10. The molecule has 2 atom stereocenters. The molecule has 1 saturated heterocycles. The SMILES string of the molecule is Cc1cc(C(N)=O)ccc1-c1cc(O)cc(CN2CCOC[C@@H]2C(=O)N[C@@H](C)c2ccc(-c3nn[nH]n3)cc2)c1.